The molecule has 0 aliphatic heterocycles. The van der Waals surface area contributed by atoms with Gasteiger partial charge < -0.3 is 5.32 Å². The highest BCUT2D eigenvalue weighted by Crippen LogP contribution is 2.30. The molecule has 0 radical (unpaired) electrons. The molecule has 2 aromatic heterocycles. The average molecular weight is 403 g/mol. The fourth-order valence-electron chi connectivity index (χ4n) is 2.95. The Balaban J connectivity index is 1.50. The summed E-state index contributed by atoms with van der Waals surface area (Å²) in [6.07, 6.45) is 5.67. The van der Waals surface area contributed by atoms with Gasteiger partial charge in [-0.3, -0.25) is 0 Å². The Labute approximate surface area is 157 Å². The first-order valence-electron chi connectivity index (χ1n) is 8.50. The second kappa shape index (κ2) is 7.73. The Bertz CT molecular complexity index is 830. The molecule has 1 aliphatic carbocycles. The normalized spacial score (nSPS) is 21.8. The van der Waals surface area contributed by atoms with Crippen molar-refractivity contribution in [3.05, 3.63) is 17.3 Å². The van der Waals surface area contributed by atoms with Gasteiger partial charge in [0.05, 0.1) is 10.3 Å². The minimum Gasteiger partial charge on any atom is -0.359 e. The van der Waals surface area contributed by atoms with Crippen molar-refractivity contribution in [1.82, 2.24) is 14.7 Å². The molecule has 1 fully saturated rings. The number of thiazole rings is 1. The molecule has 0 amide bonds. The van der Waals surface area contributed by atoms with Crippen LogP contribution in [0.5, 0.6) is 0 Å². The first kappa shape index (κ1) is 18.8. The molecular formula is C16H23ClN4O2S2. The van der Waals surface area contributed by atoms with Crippen LogP contribution in [0.1, 0.15) is 39.5 Å². The Hall–Kier alpha value is -0.960. The lowest BCUT2D eigenvalue weighted by Gasteiger charge is -2.29. The Morgan fingerprint density at radius 1 is 1.32 bits per heavy atom. The zero-order valence-corrected chi connectivity index (χ0v) is 16.7. The summed E-state index contributed by atoms with van der Waals surface area (Å²) in [5.74, 6) is 0.405. The predicted molar refractivity (Wildman–Crippen MR) is 104 cm³/mol. The van der Waals surface area contributed by atoms with E-state index >= 15 is 0 Å². The van der Waals surface area contributed by atoms with E-state index in [1.54, 1.807) is 20.0 Å². The van der Waals surface area contributed by atoms with Crippen LogP contribution in [0.25, 0.3) is 10.3 Å². The van der Waals surface area contributed by atoms with Gasteiger partial charge in [0, 0.05) is 18.8 Å². The predicted octanol–water partition coefficient (Wildman–Crippen LogP) is 3.64. The zero-order valence-electron chi connectivity index (χ0n) is 14.3. The minimum absolute atomic E-state index is 0.369. The molecule has 2 aromatic rings. The molecule has 0 spiro atoms. The highest BCUT2D eigenvalue weighted by atomic mass is 35.5. The monoisotopic (exact) mass is 402 g/mol. The first-order valence-corrected chi connectivity index (χ1v) is 11.2. The van der Waals surface area contributed by atoms with Gasteiger partial charge in [-0.15, -0.1) is 0 Å². The van der Waals surface area contributed by atoms with E-state index in [4.69, 9.17) is 11.6 Å². The first-order chi connectivity index (χ1) is 11.8. The van der Waals surface area contributed by atoms with Crippen molar-refractivity contribution >= 4 is 48.4 Å². The summed E-state index contributed by atoms with van der Waals surface area (Å²) in [6.45, 7) is 3.93. The van der Waals surface area contributed by atoms with Gasteiger partial charge >= 0.3 is 0 Å². The molecule has 2 heterocycles. The van der Waals surface area contributed by atoms with Crippen molar-refractivity contribution < 1.29 is 8.42 Å². The molecule has 1 aliphatic rings. The molecule has 9 heteroatoms. The maximum absolute atomic E-state index is 11.8. The number of nitrogens with zero attached hydrogens (tertiary/aromatic N) is 2. The fraction of sp³-hybridized carbons (Fsp3) is 0.625. The lowest BCUT2D eigenvalue weighted by molar-refractivity contribution is 0.337. The molecule has 2 N–H and O–H groups in total. The van der Waals surface area contributed by atoms with Gasteiger partial charge in [0.1, 0.15) is 10.3 Å². The van der Waals surface area contributed by atoms with E-state index in [-0.39, 0.29) is 5.25 Å². The number of aromatic nitrogens is 2. The van der Waals surface area contributed by atoms with Crippen LogP contribution in [0, 0.1) is 5.92 Å². The van der Waals surface area contributed by atoms with Crippen LogP contribution >= 0.6 is 22.9 Å². The van der Waals surface area contributed by atoms with E-state index in [2.05, 4.69) is 20.0 Å². The van der Waals surface area contributed by atoms with Crippen LogP contribution < -0.4 is 10.0 Å². The highest BCUT2D eigenvalue weighted by molar-refractivity contribution is 7.90. The number of nitrogens with one attached hydrogen (secondary N) is 2. The van der Waals surface area contributed by atoms with Crippen LogP contribution in [0.4, 0.5) is 5.13 Å². The standard InChI is InChI=1S/C16H23ClN4O2S2/c1-10(2)25(22,23)19-8-11-3-5-13(6-4-11)20-16-21-14-7-12(17)9-18-15(14)24-16/h7,9-11,13,19H,3-6,8H2,1-2H3,(H,20,21). The maximum atomic E-state index is 11.8. The summed E-state index contributed by atoms with van der Waals surface area (Å²) >= 11 is 7.48. The number of hydrogen-bond acceptors (Lipinski definition) is 6. The van der Waals surface area contributed by atoms with E-state index < -0.39 is 10.0 Å². The third-order valence-corrected chi connectivity index (χ3v) is 7.51. The molecule has 0 unspecified atom stereocenters. The van der Waals surface area contributed by atoms with E-state index in [1.165, 1.54) is 11.3 Å². The van der Waals surface area contributed by atoms with Gasteiger partial charge in [-0.25, -0.2) is 23.1 Å². The van der Waals surface area contributed by atoms with Gasteiger partial charge in [0.25, 0.3) is 0 Å². The van der Waals surface area contributed by atoms with Gasteiger partial charge in [0.2, 0.25) is 10.0 Å². The van der Waals surface area contributed by atoms with Gasteiger partial charge in [0.15, 0.2) is 5.13 Å². The van der Waals surface area contributed by atoms with Crippen molar-refractivity contribution in [3.63, 3.8) is 0 Å². The number of rotatable bonds is 6. The number of sulfonamides is 1. The lowest BCUT2D eigenvalue weighted by atomic mass is 9.86. The van der Waals surface area contributed by atoms with Gasteiger partial charge in [-0.1, -0.05) is 22.9 Å². The number of halogens is 1. The summed E-state index contributed by atoms with van der Waals surface area (Å²) < 4.78 is 26.4. The van der Waals surface area contributed by atoms with Crippen LogP contribution in [0.3, 0.4) is 0 Å². The summed E-state index contributed by atoms with van der Waals surface area (Å²) in [5.41, 5.74) is 0.816. The molecule has 0 bridgehead atoms. The Morgan fingerprint density at radius 3 is 2.72 bits per heavy atom. The molecule has 0 aromatic carbocycles. The van der Waals surface area contributed by atoms with Crippen LogP contribution in [0.15, 0.2) is 12.3 Å². The van der Waals surface area contributed by atoms with Crippen molar-refractivity contribution in [2.75, 3.05) is 11.9 Å². The smallest absolute Gasteiger partial charge is 0.213 e. The molecule has 0 atom stereocenters. The minimum atomic E-state index is -3.17. The molecule has 6 nitrogen and oxygen atoms in total. The van der Waals surface area contributed by atoms with Gasteiger partial charge in [-0.2, -0.15) is 0 Å². The molecule has 0 saturated heterocycles. The van der Waals surface area contributed by atoms with Crippen molar-refractivity contribution in [1.29, 1.82) is 0 Å². The summed E-state index contributed by atoms with van der Waals surface area (Å²) in [5, 5.41) is 4.56. The van der Waals surface area contributed by atoms with Crippen LogP contribution in [0.2, 0.25) is 5.02 Å². The topological polar surface area (TPSA) is 84.0 Å². The molecule has 3 rings (SSSR count). The Kier molecular flexibility index (Phi) is 5.82. The third-order valence-electron chi connectivity index (χ3n) is 4.58. The van der Waals surface area contributed by atoms with Crippen LogP contribution in [-0.4, -0.2) is 36.2 Å². The average Bonchev–Trinajstić information content (AvgIpc) is 2.95. The van der Waals surface area contributed by atoms with Crippen molar-refractivity contribution in [2.24, 2.45) is 5.92 Å². The van der Waals surface area contributed by atoms with Crippen molar-refractivity contribution in [2.45, 2.75) is 50.8 Å². The largest absolute Gasteiger partial charge is 0.359 e. The quantitative estimate of drug-likeness (QED) is 0.770. The zero-order chi connectivity index (χ0) is 18.0. The third kappa shape index (κ3) is 4.81. The van der Waals surface area contributed by atoms with E-state index in [9.17, 15) is 8.42 Å². The SMILES string of the molecule is CC(C)S(=O)(=O)NCC1CCC(Nc2nc3cc(Cl)cnc3s2)CC1. The number of anilines is 1. The molecule has 138 valence electrons. The second-order valence-corrected chi connectivity index (χ2v) is 10.5. The van der Waals surface area contributed by atoms with E-state index in [0.717, 1.165) is 41.2 Å². The summed E-state index contributed by atoms with van der Waals surface area (Å²) in [4.78, 5) is 9.71. The second-order valence-electron chi connectivity index (χ2n) is 6.80. The summed E-state index contributed by atoms with van der Waals surface area (Å²) in [7, 11) is -3.17. The molecular weight excluding hydrogens is 380 g/mol. The number of pyridine rings is 1. The van der Waals surface area contributed by atoms with E-state index in [1.807, 2.05) is 6.07 Å². The molecule has 25 heavy (non-hydrogen) atoms. The summed E-state index contributed by atoms with van der Waals surface area (Å²) in [6, 6.07) is 2.19. The van der Waals surface area contributed by atoms with Crippen molar-refractivity contribution in [3.8, 4) is 0 Å². The number of fused-ring (bicyclic) bond motifs is 1. The van der Waals surface area contributed by atoms with E-state index in [0.29, 0.717) is 23.5 Å². The number of hydrogen-bond donors (Lipinski definition) is 2. The highest BCUT2D eigenvalue weighted by Gasteiger charge is 2.24. The molecule has 1 saturated carbocycles. The van der Waals surface area contributed by atoms with Crippen LogP contribution in [-0.2, 0) is 10.0 Å². The Morgan fingerprint density at radius 2 is 2.04 bits per heavy atom. The lowest BCUT2D eigenvalue weighted by Crippen LogP contribution is -2.37. The fourth-order valence-corrected chi connectivity index (χ4v) is 4.77. The van der Waals surface area contributed by atoms with Gasteiger partial charge in [-0.05, 0) is 51.5 Å². The maximum Gasteiger partial charge on any atom is 0.213 e.